The number of nitrogens with one attached hydrogen (secondary N) is 6. The summed E-state index contributed by atoms with van der Waals surface area (Å²) in [5, 5.41) is 25.7. The Morgan fingerprint density at radius 2 is 1.44 bits per heavy atom. The van der Waals surface area contributed by atoms with Gasteiger partial charge in [-0.05, 0) is 144 Å². The first-order chi connectivity index (χ1) is 38.7. The number of aromatic amines is 1. The van der Waals surface area contributed by atoms with E-state index in [1.54, 1.807) is 20.8 Å². The van der Waals surface area contributed by atoms with Crippen LogP contribution < -0.4 is 37.0 Å². The zero-order chi connectivity index (χ0) is 58.6. The molecule has 3 atom stereocenters. The van der Waals surface area contributed by atoms with Crippen molar-refractivity contribution in [3.05, 3.63) is 122 Å². The third kappa shape index (κ3) is 20.1. The first-order valence-electron chi connectivity index (χ1n) is 29.2. The lowest BCUT2D eigenvalue weighted by atomic mass is 9.94. The van der Waals surface area contributed by atoms with E-state index in [4.69, 9.17) is 9.47 Å². The van der Waals surface area contributed by atoms with Crippen molar-refractivity contribution in [3.63, 3.8) is 0 Å². The second kappa shape index (κ2) is 31.0. The molecular formula is C63H91N9O9. The monoisotopic (exact) mass is 1120 g/mol. The Morgan fingerprint density at radius 3 is 2.07 bits per heavy atom. The Hall–Kier alpha value is -6.60. The van der Waals surface area contributed by atoms with E-state index in [2.05, 4.69) is 83.5 Å². The highest BCUT2D eigenvalue weighted by Crippen LogP contribution is 2.34. The number of hydrogen-bond donors (Lipinski definition) is 7. The highest BCUT2D eigenvalue weighted by Gasteiger charge is 2.33. The van der Waals surface area contributed by atoms with Crippen LogP contribution in [0.5, 0.6) is 0 Å². The summed E-state index contributed by atoms with van der Waals surface area (Å²) < 4.78 is 11.1. The summed E-state index contributed by atoms with van der Waals surface area (Å²) in [5.74, 6) is -1.24. The fraction of sp³-hybridized carbons (Fsp3) is 0.556. The molecule has 1 aromatic heterocycles. The van der Waals surface area contributed by atoms with E-state index in [1.165, 1.54) is 5.56 Å². The molecule has 0 saturated carbocycles. The lowest BCUT2D eigenvalue weighted by Gasteiger charge is -2.37. The van der Waals surface area contributed by atoms with Gasteiger partial charge in [0.05, 0.1) is 12.6 Å². The highest BCUT2D eigenvalue weighted by atomic mass is 16.6. The molecule has 5 amide bonds. The number of ether oxygens (including phenoxy) is 2. The van der Waals surface area contributed by atoms with Gasteiger partial charge in [0.1, 0.15) is 11.6 Å². The van der Waals surface area contributed by atoms with Crippen molar-refractivity contribution < 1.29 is 38.6 Å². The summed E-state index contributed by atoms with van der Waals surface area (Å²) in [6.07, 6.45) is 3.21. The van der Waals surface area contributed by atoms with Gasteiger partial charge in [0.15, 0.2) is 6.10 Å². The van der Waals surface area contributed by atoms with Gasteiger partial charge in [0.25, 0.3) is 17.4 Å². The van der Waals surface area contributed by atoms with Gasteiger partial charge < -0.3 is 51.0 Å². The summed E-state index contributed by atoms with van der Waals surface area (Å²) in [5.41, 5.74) is 7.66. The zero-order valence-corrected chi connectivity index (χ0v) is 49.5. The van der Waals surface area contributed by atoms with Crippen LogP contribution in [0.2, 0.25) is 0 Å². The average molecular weight is 1120 g/mol. The minimum atomic E-state index is -1.65. The molecule has 4 aromatic rings. The number of aromatic nitrogens is 1. The smallest absolute Gasteiger partial charge is 0.407 e. The summed E-state index contributed by atoms with van der Waals surface area (Å²) in [4.78, 5) is 89.2. The molecule has 0 radical (unpaired) electrons. The summed E-state index contributed by atoms with van der Waals surface area (Å²) in [6, 6.07) is 22.3. The van der Waals surface area contributed by atoms with Crippen LogP contribution in [-0.4, -0.2) is 145 Å². The van der Waals surface area contributed by atoms with E-state index in [0.717, 1.165) is 117 Å². The van der Waals surface area contributed by atoms with Crippen LogP contribution in [0.15, 0.2) is 77.6 Å². The number of unbranched alkanes of at least 4 members (excludes halogenated alkanes) is 3. The van der Waals surface area contributed by atoms with Crippen molar-refractivity contribution in [2.75, 3.05) is 70.5 Å². The van der Waals surface area contributed by atoms with E-state index in [-0.39, 0.29) is 42.2 Å². The lowest BCUT2D eigenvalue weighted by Crippen LogP contribution is -2.56. The van der Waals surface area contributed by atoms with Crippen molar-refractivity contribution in [3.8, 4) is 11.1 Å². The number of anilines is 1. The maximum absolute atomic E-state index is 14.0. The molecule has 2 aliphatic heterocycles. The van der Waals surface area contributed by atoms with Gasteiger partial charge in [-0.1, -0.05) is 81.3 Å². The molecule has 2 saturated heterocycles. The SMILES string of the molecule is CCN(c1cc(-c2ccc(CN3CCN(CC(=O)NCCCCCCNC(=O)[C@H](CC(C)C)NC(=O)[C@@H](O)C(Cc4ccccc4)NC(=O)OC(C)(C)C)CC3)cc2)cc(C(=O)NCc2c(C)cc(C)[nH]c2=O)c1C)C1CCOCC1. The second-order valence-electron chi connectivity index (χ2n) is 23.3. The summed E-state index contributed by atoms with van der Waals surface area (Å²) in [6.45, 7) is 24.7. The standard InChI is InChI=1S/C63H91N9O9/c1-10-72(50-24-32-80-33-25-50)55-38-49(37-51(45(55)6)58(75)66-39-52-43(4)35-44(5)67-59(52)76)48-22-20-47(21-23-48)40-70-28-30-71(31-29-70)41-56(73)64-26-16-11-12-17-27-65-60(77)54(34-42(2)3)68-61(78)57(74)53(36-46-18-14-13-15-19-46)69-62(79)81-63(7,8)9/h13-15,18-23,35,37-38,42,50,53-54,57,74H,10-12,16-17,24-34,36,39-41H2,1-9H3,(H,64,73)(H,65,77)(H,66,75)(H,67,76)(H,68,78)(H,69,79)/t53?,54-,57-/m0/s1. The predicted molar refractivity (Wildman–Crippen MR) is 318 cm³/mol. The van der Waals surface area contributed by atoms with Crippen LogP contribution in [0.25, 0.3) is 11.1 Å². The van der Waals surface area contributed by atoms with Crippen molar-refractivity contribution in [1.29, 1.82) is 0 Å². The van der Waals surface area contributed by atoms with Gasteiger partial charge in [-0.15, -0.1) is 0 Å². The molecule has 442 valence electrons. The van der Waals surface area contributed by atoms with Crippen molar-refractivity contribution in [2.45, 2.75) is 157 Å². The highest BCUT2D eigenvalue weighted by molar-refractivity contribution is 5.99. The van der Waals surface area contributed by atoms with Gasteiger partial charge in [-0.25, -0.2) is 4.79 Å². The molecule has 18 nitrogen and oxygen atoms in total. The summed E-state index contributed by atoms with van der Waals surface area (Å²) >= 11 is 0. The number of aryl methyl sites for hydroxylation is 2. The maximum Gasteiger partial charge on any atom is 0.407 e. The maximum atomic E-state index is 14.0. The van der Waals surface area contributed by atoms with Crippen LogP contribution in [0.3, 0.4) is 0 Å². The molecular weight excluding hydrogens is 1030 g/mol. The Kier molecular flexibility index (Phi) is 24.3. The fourth-order valence-electron chi connectivity index (χ4n) is 10.7. The van der Waals surface area contributed by atoms with Crippen molar-refractivity contribution in [1.82, 2.24) is 41.4 Å². The zero-order valence-electron chi connectivity index (χ0n) is 49.5. The molecule has 3 aromatic carbocycles. The molecule has 1 unspecified atom stereocenters. The Morgan fingerprint density at radius 1 is 0.790 bits per heavy atom. The number of alkyl carbamates (subject to hydrolysis) is 1. The number of benzene rings is 3. The Balaban J connectivity index is 0.912. The second-order valence-corrected chi connectivity index (χ2v) is 23.3. The first kappa shape index (κ1) is 63.6. The normalized spacial score (nSPS) is 15.5. The van der Waals surface area contributed by atoms with Crippen LogP contribution in [0, 0.1) is 26.7 Å². The molecule has 18 heteroatoms. The number of rotatable bonds is 27. The van der Waals surface area contributed by atoms with Crippen LogP contribution >= 0.6 is 0 Å². The van der Waals surface area contributed by atoms with Gasteiger partial charge in [0.2, 0.25) is 11.8 Å². The first-order valence-corrected chi connectivity index (χ1v) is 29.2. The van der Waals surface area contributed by atoms with Crippen LogP contribution in [-0.2, 0) is 43.4 Å². The number of amides is 5. The molecule has 0 aliphatic carbocycles. The van der Waals surface area contributed by atoms with Gasteiger partial charge in [0, 0.05) is 101 Å². The van der Waals surface area contributed by atoms with Crippen LogP contribution in [0.4, 0.5) is 10.5 Å². The van der Waals surface area contributed by atoms with Crippen LogP contribution in [0.1, 0.15) is 130 Å². The number of aliphatic hydroxyl groups excluding tert-OH is 1. The molecule has 3 heterocycles. The van der Waals surface area contributed by atoms with E-state index in [1.807, 2.05) is 77.1 Å². The average Bonchev–Trinajstić information content (AvgIpc) is 3.56. The summed E-state index contributed by atoms with van der Waals surface area (Å²) in [7, 11) is 0. The Labute approximate surface area is 479 Å². The van der Waals surface area contributed by atoms with Gasteiger partial charge in [-0.2, -0.15) is 0 Å². The van der Waals surface area contributed by atoms with Crippen molar-refractivity contribution in [2.24, 2.45) is 5.92 Å². The predicted octanol–water partition coefficient (Wildman–Crippen LogP) is 6.84. The molecule has 7 N–H and O–H groups in total. The number of carbonyl (C=O) groups is 5. The minimum absolute atomic E-state index is 0.00741. The number of aliphatic hydroxyl groups is 1. The Bertz CT molecular complexity index is 2750. The molecule has 81 heavy (non-hydrogen) atoms. The van der Waals surface area contributed by atoms with Gasteiger partial charge in [-0.3, -0.25) is 33.8 Å². The molecule has 2 fully saturated rings. The number of carbonyl (C=O) groups excluding carboxylic acids is 5. The molecule has 0 bridgehead atoms. The third-order valence-electron chi connectivity index (χ3n) is 15.1. The lowest BCUT2D eigenvalue weighted by molar-refractivity contribution is -0.135. The van der Waals surface area contributed by atoms with E-state index in [0.29, 0.717) is 56.4 Å². The third-order valence-corrected chi connectivity index (χ3v) is 15.1. The van der Waals surface area contributed by atoms with E-state index in [9.17, 15) is 33.9 Å². The van der Waals surface area contributed by atoms with E-state index < -0.39 is 35.8 Å². The molecule has 6 rings (SSSR count). The fourth-order valence-corrected chi connectivity index (χ4v) is 10.7. The number of pyridine rings is 1. The molecule has 2 aliphatic rings. The van der Waals surface area contributed by atoms with Gasteiger partial charge >= 0.3 is 6.09 Å². The number of piperazine rings is 1. The minimum Gasteiger partial charge on any atom is -0.444 e. The topological polar surface area (TPSA) is 227 Å². The quantitative estimate of drug-likeness (QED) is 0.0305. The molecule has 0 spiro atoms. The van der Waals surface area contributed by atoms with E-state index >= 15 is 0 Å². The largest absolute Gasteiger partial charge is 0.444 e. The number of nitrogens with zero attached hydrogens (tertiary/aromatic N) is 3. The van der Waals surface area contributed by atoms with Crippen molar-refractivity contribution >= 4 is 35.4 Å². The number of H-pyrrole nitrogens is 1. The number of hydrogen-bond acceptors (Lipinski definition) is 12.